The summed E-state index contributed by atoms with van der Waals surface area (Å²) in [5, 5.41) is 0. The van der Waals surface area contributed by atoms with Gasteiger partial charge in [-0.05, 0) is 43.0 Å². The fraction of sp³-hybridized carbons (Fsp3) is 0.471. The fourth-order valence-corrected chi connectivity index (χ4v) is 4.53. The Hall–Kier alpha value is -2.37. The molecule has 2 aliphatic carbocycles. The van der Waals surface area contributed by atoms with Crippen LogP contribution in [0.3, 0.4) is 0 Å². The lowest BCUT2D eigenvalue weighted by Crippen LogP contribution is -2.56. The van der Waals surface area contributed by atoms with Crippen molar-refractivity contribution >= 4 is 17.8 Å². The Morgan fingerprint density at radius 3 is 2.52 bits per heavy atom. The number of nitrogens with zero attached hydrogens (tertiary/aromatic N) is 1. The van der Waals surface area contributed by atoms with Gasteiger partial charge in [0.1, 0.15) is 5.75 Å². The zero-order chi connectivity index (χ0) is 16.4. The highest BCUT2D eigenvalue weighted by atomic mass is 16.5. The lowest BCUT2D eigenvalue weighted by molar-refractivity contribution is -0.156. The van der Waals surface area contributed by atoms with Gasteiger partial charge in [0.05, 0.1) is 14.2 Å². The third-order valence-electron chi connectivity index (χ3n) is 5.56. The number of likely N-dealkylation sites (tertiary alicyclic amines) is 1. The van der Waals surface area contributed by atoms with Crippen LogP contribution in [0, 0.1) is 17.8 Å². The number of carbonyl (C=O) groups excluding carboxylic acids is 3. The molecule has 3 aliphatic rings. The maximum Gasteiger partial charge on any atom is 0.332 e. The second-order valence-electron chi connectivity index (χ2n) is 6.38. The molecule has 0 radical (unpaired) electrons. The fourth-order valence-electron chi connectivity index (χ4n) is 4.53. The van der Waals surface area contributed by atoms with Crippen LogP contribution >= 0.6 is 0 Å². The van der Waals surface area contributed by atoms with Crippen molar-refractivity contribution in [2.45, 2.75) is 18.4 Å². The van der Waals surface area contributed by atoms with E-state index in [9.17, 15) is 14.4 Å². The maximum absolute atomic E-state index is 12.9. The van der Waals surface area contributed by atoms with Crippen LogP contribution < -0.4 is 4.74 Å². The van der Waals surface area contributed by atoms with E-state index in [-0.39, 0.29) is 23.7 Å². The van der Waals surface area contributed by atoms with Crippen LogP contribution in [0.15, 0.2) is 24.3 Å². The Morgan fingerprint density at radius 1 is 1.22 bits per heavy atom. The number of rotatable bonds is 3. The number of methoxy groups -OCH3 is 2. The molecule has 4 rings (SSSR count). The predicted molar refractivity (Wildman–Crippen MR) is 78.6 cm³/mol. The lowest BCUT2D eigenvalue weighted by atomic mass is 9.92. The highest BCUT2D eigenvalue weighted by Gasteiger charge is 2.81. The number of amides is 2. The van der Waals surface area contributed by atoms with Crippen LogP contribution in [-0.2, 0) is 14.3 Å². The molecule has 1 saturated heterocycles. The Balaban J connectivity index is 1.73. The van der Waals surface area contributed by atoms with Crippen molar-refractivity contribution < 1.29 is 23.9 Å². The van der Waals surface area contributed by atoms with E-state index >= 15 is 0 Å². The molecule has 2 saturated carbocycles. The van der Waals surface area contributed by atoms with E-state index in [4.69, 9.17) is 9.47 Å². The molecule has 23 heavy (non-hydrogen) atoms. The summed E-state index contributed by atoms with van der Waals surface area (Å²) in [4.78, 5) is 39.1. The van der Waals surface area contributed by atoms with Gasteiger partial charge in [0.25, 0.3) is 5.91 Å². The van der Waals surface area contributed by atoms with Gasteiger partial charge in [0, 0.05) is 17.4 Å². The average molecular weight is 315 g/mol. The van der Waals surface area contributed by atoms with E-state index in [2.05, 4.69) is 0 Å². The van der Waals surface area contributed by atoms with Crippen LogP contribution in [0.1, 0.15) is 23.2 Å². The number of benzene rings is 1. The molecule has 1 aliphatic heterocycles. The number of piperidine rings is 1. The van der Waals surface area contributed by atoms with Crippen LogP contribution in [-0.4, -0.2) is 42.4 Å². The first kappa shape index (κ1) is 14.2. The maximum atomic E-state index is 12.9. The molecule has 3 fully saturated rings. The molecule has 2 amide bonds. The number of fused-ring (bicyclic) bond motifs is 1. The standard InChI is InChI=1S/C17H17NO5/c1-22-10-5-3-9(4-6-10)14(19)18-15(20)12-11-7-8-17(18,13(11)12)16(21)23-2/h3-6,11-13H,7-8H2,1-2H3/t11-,12+,13-,17-/m0/s1. The summed E-state index contributed by atoms with van der Waals surface area (Å²) in [5.74, 6) is -0.531. The van der Waals surface area contributed by atoms with E-state index in [1.165, 1.54) is 12.0 Å². The summed E-state index contributed by atoms with van der Waals surface area (Å²) in [6, 6.07) is 6.54. The number of hydrogen-bond donors (Lipinski definition) is 0. The van der Waals surface area contributed by atoms with Crippen molar-refractivity contribution in [2.75, 3.05) is 14.2 Å². The second-order valence-corrected chi connectivity index (χ2v) is 6.38. The van der Waals surface area contributed by atoms with Gasteiger partial charge in [0.2, 0.25) is 5.91 Å². The zero-order valence-corrected chi connectivity index (χ0v) is 12.9. The number of hydrogen-bond acceptors (Lipinski definition) is 5. The Morgan fingerprint density at radius 2 is 1.91 bits per heavy atom. The van der Waals surface area contributed by atoms with Crippen LogP contribution in [0.2, 0.25) is 0 Å². The highest BCUT2D eigenvalue weighted by molar-refractivity contribution is 6.13. The molecule has 1 aromatic carbocycles. The SMILES string of the molecule is COC(=O)[C@@]12CC[C@H]3[C@@H](C(=O)N1C(=O)c1ccc(OC)cc1)[C@H]32. The van der Waals surface area contributed by atoms with Gasteiger partial charge >= 0.3 is 5.97 Å². The first-order chi connectivity index (χ1) is 11.1. The molecule has 120 valence electrons. The topological polar surface area (TPSA) is 72.9 Å². The summed E-state index contributed by atoms with van der Waals surface area (Å²) in [7, 11) is 2.85. The van der Waals surface area contributed by atoms with Crippen molar-refractivity contribution in [3.63, 3.8) is 0 Å². The third-order valence-corrected chi connectivity index (χ3v) is 5.56. The lowest BCUT2D eigenvalue weighted by Gasteiger charge is -2.34. The molecule has 0 unspecified atom stereocenters. The van der Waals surface area contributed by atoms with Crippen molar-refractivity contribution in [3.05, 3.63) is 29.8 Å². The summed E-state index contributed by atoms with van der Waals surface area (Å²) in [5.41, 5.74) is -0.731. The summed E-state index contributed by atoms with van der Waals surface area (Å²) >= 11 is 0. The second kappa shape index (κ2) is 4.57. The first-order valence-corrected chi connectivity index (χ1v) is 7.67. The molecule has 1 aromatic rings. The van der Waals surface area contributed by atoms with Crippen LogP contribution in [0.5, 0.6) is 5.75 Å². The molecule has 6 nitrogen and oxygen atoms in total. The minimum Gasteiger partial charge on any atom is -0.497 e. The molecule has 0 bridgehead atoms. The van der Waals surface area contributed by atoms with E-state index in [1.54, 1.807) is 31.4 Å². The molecule has 4 atom stereocenters. The Kier molecular flexibility index (Phi) is 2.83. The van der Waals surface area contributed by atoms with Crippen molar-refractivity contribution in [3.8, 4) is 5.75 Å². The van der Waals surface area contributed by atoms with Gasteiger partial charge in [-0.2, -0.15) is 0 Å². The number of esters is 1. The predicted octanol–water partition coefficient (Wildman–Crippen LogP) is 1.25. The van der Waals surface area contributed by atoms with Crippen molar-refractivity contribution in [1.29, 1.82) is 0 Å². The minimum atomic E-state index is -1.10. The van der Waals surface area contributed by atoms with Gasteiger partial charge < -0.3 is 9.47 Å². The Labute approximate surface area is 133 Å². The molecular formula is C17H17NO5. The molecule has 6 heteroatoms. The van der Waals surface area contributed by atoms with E-state index < -0.39 is 17.4 Å². The smallest absolute Gasteiger partial charge is 0.332 e. The third kappa shape index (κ3) is 1.61. The Bertz CT molecular complexity index is 712. The van der Waals surface area contributed by atoms with Crippen molar-refractivity contribution in [1.82, 2.24) is 4.90 Å². The van der Waals surface area contributed by atoms with Gasteiger partial charge in [0.15, 0.2) is 5.54 Å². The van der Waals surface area contributed by atoms with Gasteiger partial charge in [-0.15, -0.1) is 0 Å². The van der Waals surface area contributed by atoms with Gasteiger partial charge in [-0.1, -0.05) is 0 Å². The molecule has 0 N–H and O–H groups in total. The van der Waals surface area contributed by atoms with E-state index in [0.717, 1.165) is 6.42 Å². The summed E-state index contributed by atoms with van der Waals surface area (Å²) in [6.07, 6.45) is 1.29. The van der Waals surface area contributed by atoms with Crippen LogP contribution in [0.4, 0.5) is 0 Å². The highest BCUT2D eigenvalue weighted by Crippen LogP contribution is 2.69. The monoisotopic (exact) mass is 315 g/mol. The number of imide groups is 1. The molecule has 1 heterocycles. The zero-order valence-electron chi connectivity index (χ0n) is 12.9. The molecule has 0 spiro atoms. The molecule has 0 aromatic heterocycles. The van der Waals surface area contributed by atoms with Crippen LogP contribution in [0.25, 0.3) is 0 Å². The number of carbonyl (C=O) groups is 3. The van der Waals surface area contributed by atoms with Gasteiger partial charge in [-0.3, -0.25) is 14.5 Å². The average Bonchev–Trinajstić information content (AvgIpc) is 3.14. The normalized spacial score (nSPS) is 33.4. The summed E-state index contributed by atoms with van der Waals surface area (Å²) < 4.78 is 10.0. The minimum absolute atomic E-state index is 0.0651. The quantitative estimate of drug-likeness (QED) is 0.620. The first-order valence-electron chi connectivity index (χ1n) is 7.67. The van der Waals surface area contributed by atoms with Gasteiger partial charge in [-0.25, -0.2) is 4.79 Å². The summed E-state index contributed by atoms with van der Waals surface area (Å²) in [6.45, 7) is 0. The number of ether oxygens (including phenoxy) is 2. The van der Waals surface area contributed by atoms with Crippen molar-refractivity contribution in [2.24, 2.45) is 17.8 Å². The van der Waals surface area contributed by atoms with E-state index in [0.29, 0.717) is 17.7 Å². The van der Waals surface area contributed by atoms with E-state index in [1.807, 2.05) is 0 Å². The largest absolute Gasteiger partial charge is 0.497 e. The molecular weight excluding hydrogens is 298 g/mol.